The van der Waals surface area contributed by atoms with Crippen LogP contribution in [0.3, 0.4) is 0 Å². The highest BCUT2D eigenvalue weighted by Gasteiger charge is 2.21. The summed E-state index contributed by atoms with van der Waals surface area (Å²) in [5.41, 5.74) is 9.16. The highest BCUT2D eigenvalue weighted by molar-refractivity contribution is 5.27. The van der Waals surface area contributed by atoms with Gasteiger partial charge in [-0.25, -0.2) is 0 Å². The second kappa shape index (κ2) is 3.71. The molecular weight excluding hydrogens is 178 g/mol. The second-order valence-electron chi connectivity index (χ2n) is 4.14. The van der Waals surface area contributed by atoms with Gasteiger partial charge in [0.2, 0.25) is 0 Å². The quantitative estimate of drug-likeness (QED) is 0.783. The molecule has 2 rings (SSSR count). The predicted octanol–water partition coefficient (Wildman–Crippen LogP) is 1.03. The maximum absolute atomic E-state index is 5.73. The molecule has 0 aliphatic carbocycles. The van der Waals surface area contributed by atoms with Crippen molar-refractivity contribution in [2.45, 2.75) is 40.2 Å². The normalized spacial score (nSPS) is 15.1. The lowest BCUT2D eigenvalue weighted by atomic mass is 10.2. The van der Waals surface area contributed by atoms with E-state index in [2.05, 4.69) is 18.9 Å². The van der Waals surface area contributed by atoms with Gasteiger partial charge in [-0.2, -0.15) is 5.10 Å². The van der Waals surface area contributed by atoms with E-state index in [1.165, 1.54) is 5.56 Å². The Morgan fingerprint density at radius 3 is 2.93 bits per heavy atom. The molecule has 0 atom stereocenters. The Bertz CT molecular complexity index is 330. The first kappa shape index (κ1) is 9.68. The summed E-state index contributed by atoms with van der Waals surface area (Å²) in [6.07, 6.45) is 0. The van der Waals surface area contributed by atoms with Gasteiger partial charge in [-0.15, -0.1) is 0 Å². The van der Waals surface area contributed by atoms with Crippen LogP contribution in [0, 0.1) is 5.92 Å². The third kappa shape index (κ3) is 1.55. The Hall–Kier alpha value is -0.870. The molecule has 2 N–H and O–H groups in total. The van der Waals surface area contributed by atoms with Gasteiger partial charge in [0.05, 0.1) is 24.6 Å². The molecule has 0 unspecified atom stereocenters. The molecule has 1 aromatic heterocycles. The summed E-state index contributed by atoms with van der Waals surface area (Å²) in [7, 11) is 0. The molecule has 2 heterocycles. The van der Waals surface area contributed by atoms with Gasteiger partial charge in [-0.05, 0) is 5.92 Å². The summed E-state index contributed by atoms with van der Waals surface area (Å²) in [5, 5.41) is 4.51. The van der Waals surface area contributed by atoms with Crippen LogP contribution < -0.4 is 5.73 Å². The molecule has 0 fully saturated rings. The highest BCUT2D eigenvalue weighted by atomic mass is 16.5. The maximum atomic E-state index is 5.73. The first-order valence-corrected chi connectivity index (χ1v) is 5.07. The molecule has 4 nitrogen and oxygen atoms in total. The van der Waals surface area contributed by atoms with E-state index in [4.69, 9.17) is 10.5 Å². The minimum atomic E-state index is 0.554. The van der Waals surface area contributed by atoms with Crippen molar-refractivity contribution in [1.29, 1.82) is 0 Å². The van der Waals surface area contributed by atoms with Crippen molar-refractivity contribution >= 4 is 0 Å². The number of rotatable bonds is 3. The number of nitrogens with zero attached hydrogens (tertiary/aromatic N) is 2. The topological polar surface area (TPSA) is 53.1 Å². The Kier molecular flexibility index (Phi) is 2.56. The second-order valence-corrected chi connectivity index (χ2v) is 4.14. The van der Waals surface area contributed by atoms with Crippen LogP contribution in [0.5, 0.6) is 0 Å². The largest absolute Gasteiger partial charge is 0.370 e. The molecule has 0 bridgehead atoms. The van der Waals surface area contributed by atoms with Gasteiger partial charge in [0, 0.05) is 18.7 Å². The van der Waals surface area contributed by atoms with Crippen LogP contribution in [0.1, 0.15) is 30.8 Å². The fraction of sp³-hybridized carbons (Fsp3) is 0.700. The average molecular weight is 195 g/mol. The van der Waals surface area contributed by atoms with Crippen LogP contribution >= 0.6 is 0 Å². The molecule has 0 spiro atoms. The fourth-order valence-corrected chi connectivity index (χ4v) is 1.85. The van der Waals surface area contributed by atoms with E-state index in [0.717, 1.165) is 17.9 Å². The molecule has 0 saturated heterocycles. The van der Waals surface area contributed by atoms with Gasteiger partial charge in [0.15, 0.2) is 0 Å². The number of hydrogen-bond acceptors (Lipinski definition) is 3. The Morgan fingerprint density at radius 1 is 1.50 bits per heavy atom. The molecule has 78 valence electrons. The summed E-state index contributed by atoms with van der Waals surface area (Å²) in [6, 6.07) is 0. The fourth-order valence-electron chi connectivity index (χ4n) is 1.85. The third-order valence-corrected chi connectivity index (χ3v) is 2.47. The molecular formula is C10H17N3O. The molecule has 0 radical (unpaired) electrons. The standard InChI is InChI=1S/C10H17N3O/c1-7(2)4-13-10(3-11)8-5-14-6-9(8)12-13/h7H,3-6,11H2,1-2H3. The monoisotopic (exact) mass is 195 g/mol. The van der Waals surface area contributed by atoms with E-state index in [9.17, 15) is 0 Å². The molecule has 0 saturated carbocycles. The number of ether oxygens (including phenoxy) is 1. The van der Waals surface area contributed by atoms with E-state index in [-0.39, 0.29) is 0 Å². The highest BCUT2D eigenvalue weighted by Crippen LogP contribution is 2.23. The number of aromatic nitrogens is 2. The molecule has 14 heavy (non-hydrogen) atoms. The molecule has 0 aromatic carbocycles. The van der Waals surface area contributed by atoms with Gasteiger partial charge >= 0.3 is 0 Å². The van der Waals surface area contributed by atoms with Crippen molar-refractivity contribution in [2.75, 3.05) is 0 Å². The Morgan fingerprint density at radius 2 is 2.29 bits per heavy atom. The SMILES string of the molecule is CC(C)Cn1nc2c(c1CN)COC2. The maximum Gasteiger partial charge on any atom is 0.0940 e. The van der Waals surface area contributed by atoms with Gasteiger partial charge in [0.25, 0.3) is 0 Å². The first-order valence-electron chi connectivity index (χ1n) is 5.07. The van der Waals surface area contributed by atoms with Crippen molar-refractivity contribution in [3.05, 3.63) is 17.0 Å². The van der Waals surface area contributed by atoms with E-state index < -0.39 is 0 Å². The molecule has 4 heteroatoms. The van der Waals surface area contributed by atoms with Gasteiger partial charge in [-0.3, -0.25) is 4.68 Å². The molecule has 0 amide bonds. The van der Waals surface area contributed by atoms with Crippen LogP contribution in [-0.4, -0.2) is 9.78 Å². The van der Waals surface area contributed by atoms with Crippen molar-refractivity contribution in [3.63, 3.8) is 0 Å². The van der Waals surface area contributed by atoms with Crippen LogP contribution in [-0.2, 0) is 31.0 Å². The van der Waals surface area contributed by atoms with Crippen molar-refractivity contribution in [1.82, 2.24) is 9.78 Å². The van der Waals surface area contributed by atoms with Crippen LogP contribution in [0.2, 0.25) is 0 Å². The van der Waals surface area contributed by atoms with Gasteiger partial charge < -0.3 is 10.5 Å². The smallest absolute Gasteiger partial charge is 0.0940 e. The van der Waals surface area contributed by atoms with Crippen LogP contribution in [0.25, 0.3) is 0 Å². The van der Waals surface area contributed by atoms with Crippen molar-refractivity contribution in [2.24, 2.45) is 11.7 Å². The predicted molar refractivity (Wildman–Crippen MR) is 53.4 cm³/mol. The minimum absolute atomic E-state index is 0.554. The summed E-state index contributed by atoms with van der Waals surface area (Å²) < 4.78 is 7.37. The molecule has 1 aliphatic rings. The Labute approximate surface area is 84.0 Å². The van der Waals surface area contributed by atoms with Crippen LogP contribution in [0.4, 0.5) is 0 Å². The molecule has 1 aliphatic heterocycles. The first-order chi connectivity index (χ1) is 6.72. The zero-order valence-corrected chi connectivity index (χ0v) is 8.79. The zero-order chi connectivity index (χ0) is 10.1. The minimum Gasteiger partial charge on any atom is -0.370 e. The average Bonchev–Trinajstić information content (AvgIpc) is 2.62. The van der Waals surface area contributed by atoms with E-state index >= 15 is 0 Å². The summed E-state index contributed by atoms with van der Waals surface area (Å²) in [4.78, 5) is 0. The third-order valence-electron chi connectivity index (χ3n) is 2.47. The van der Waals surface area contributed by atoms with Crippen LogP contribution in [0.15, 0.2) is 0 Å². The van der Waals surface area contributed by atoms with E-state index in [0.29, 0.717) is 25.7 Å². The van der Waals surface area contributed by atoms with E-state index in [1.807, 2.05) is 4.68 Å². The lowest BCUT2D eigenvalue weighted by molar-refractivity contribution is 0.130. The zero-order valence-electron chi connectivity index (χ0n) is 8.79. The number of fused-ring (bicyclic) bond motifs is 1. The Balaban J connectivity index is 2.31. The lowest BCUT2D eigenvalue weighted by Crippen LogP contribution is -2.14. The summed E-state index contributed by atoms with van der Waals surface area (Å²) in [5.74, 6) is 0.598. The van der Waals surface area contributed by atoms with Crippen molar-refractivity contribution < 1.29 is 4.74 Å². The summed E-state index contributed by atoms with van der Waals surface area (Å²) in [6.45, 7) is 7.19. The van der Waals surface area contributed by atoms with Gasteiger partial charge in [0.1, 0.15) is 0 Å². The molecule has 1 aromatic rings. The van der Waals surface area contributed by atoms with E-state index in [1.54, 1.807) is 0 Å². The summed E-state index contributed by atoms with van der Waals surface area (Å²) >= 11 is 0. The van der Waals surface area contributed by atoms with Gasteiger partial charge in [-0.1, -0.05) is 13.8 Å². The number of nitrogens with two attached hydrogens (primary N) is 1. The number of hydrogen-bond donors (Lipinski definition) is 1. The lowest BCUT2D eigenvalue weighted by Gasteiger charge is -2.09. The van der Waals surface area contributed by atoms with Crippen molar-refractivity contribution in [3.8, 4) is 0 Å².